The van der Waals surface area contributed by atoms with Crippen molar-refractivity contribution in [3.63, 3.8) is 0 Å². The average Bonchev–Trinajstić information content (AvgIpc) is 3.80. The summed E-state index contributed by atoms with van der Waals surface area (Å²) >= 11 is 3.08. The van der Waals surface area contributed by atoms with Crippen LogP contribution in [0.25, 0.3) is 0 Å². The average molecular weight is 697 g/mol. The maximum absolute atomic E-state index is 13.9. The molecule has 0 spiro atoms. The van der Waals surface area contributed by atoms with Crippen LogP contribution < -0.4 is 14.9 Å². The number of carbonyl (C=O) groups excluding carboxylic acids is 2. The molecule has 1 aromatic heterocycles. The van der Waals surface area contributed by atoms with Gasteiger partial charge in [0, 0.05) is 54.6 Å². The van der Waals surface area contributed by atoms with Crippen molar-refractivity contribution in [1.82, 2.24) is 15.5 Å². The summed E-state index contributed by atoms with van der Waals surface area (Å²) in [6, 6.07) is 22.8. The van der Waals surface area contributed by atoms with Gasteiger partial charge >= 0.3 is 6.18 Å². The lowest BCUT2D eigenvalue weighted by molar-refractivity contribution is -0.137. The zero-order valence-corrected chi connectivity index (χ0v) is 28.4. The number of aliphatic hydroxyl groups is 1. The first-order chi connectivity index (χ1) is 23.0. The van der Waals surface area contributed by atoms with Gasteiger partial charge in [-0.05, 0) is 66.1 Å². The van der Waals surface area contributed by atoms with Crippen LogP contribution in [0.2, 0.25) is 0 Å². The lowest BCUT2D eigenvalue weighted by atomic mass is 9.99. The van der Waals surface area contributed by atoms with Gasteiger partial charge in [-0.3, -0.25) is 9.59 Å². The van der Waals surface area contributed by atoms with E-state index in [9.17, 15) is 27.9 Å². The number of anilines is 1. The third-order valence-corrected chi connectivity index (χ3v) is 10.2. The molecule has 3 aromatic carbocycles. The zero-order chi connectivity index (χ0) is 34.3. The van der Waals surface area contributed by atoms with Gasteiger partial charge in [-0.25, -0.2) is 0 Å². The molecule has 5 rings (SSSR count). The highest BCUT2D eigenvalue weighted by atomic mass is 32.2. The van der Waals surface area contributed by atoms with Gasteiger partial charge in [-0.15, -0.1) is 11.3 Å². The lowest BCUT2D eigenvalue weighted by Gasteiger charge is -2.27. The monoisotopic (exact) mass is 696 g/mol. The fraction of sp³-hybridized carbons (Fsp3) is 0.333. The highest BCUT2D eigenvalue weighted by Gasteiger charge is 2.33. The molecule has 2 heterocycles. The Hall–Kier alpha value is -3.84. The molecule has 0 saturated carbocycles. The molecule has 4 aromatic rings. The van der Waals surface area contributed by atoms with Crippen molar-refractivity contribution in [3.05, 3.63) is 123 Å². The van der Waals surface area contributed by atoms with Crippen LogP contribution in [0.4, 0.5) is 18.9 Å². The number of alkyl halides is 3. The first-order valence-electron chi connectivity index (χ1n) is 15.7. The molecule has 3 N–H and O–H groups in total. The number of thiophene rings is 1. The van der Waals surface area contributed by atoms with E-state index in [4.69, 9.17) is 0 Å². The highest BCUT2D eigenvalue weighted by molar-refractivity contribution is 7.99. The number of halogens is 3. The van der Waals surface area contributed by atoms with Crippen LogP contribution in [-0.2, 0) is 19.1 Å². The Labute approximate surface area is 287 Å². The van der Waals surface area contributed by atoms with E-state index in [0.717, 1.165) is 35.4 Å². The number of likely N-dealkylation sites (tertiary alicyclic amines) is 1. The molecule has 1 saturated heterocycles. The van der Waals surface area contributed by atoms with Crippen molar-refractivity contribution in [1.29, 1.82) is 0 Å². The Kier molecular flexibility index (Phi) is 11.9. The van der Waals surface area contributed by atoms with E-state index in [1.165, 1.54) is 18.0 Å². The van der Waals surface area contributed by atoms with Crippen LogP contribution in [0.15, 0.2) is 90.3 Å². The van der Waals surface area contributed by atoms with Crippen LogP contribution in [-0.4, -0.2) is 60.4 Å². The van der Waals surface area contributed by atoms with Crippen molar-refractivity contribution in [2.24, 2.45) is 0 Å². The molecule has 1 aliphatic rings. The summed E-state index contributed by atoms with van der Waals surface area (Å²) in [4.78, 5) is 30.8. The maximum Gasteiger partial charge on any atom is 0.416 e. The van der Waals surface area contributed by atoms with E-state index >= 15 is 0 Å². The van der Waals surface area contributed by atoms with Crippen molar-refractivity contribution < 1.29 is 27.9 Å². The molecule has 0 aliphatic carbocycles. The van der Waals surface area contributed by atoms with E-state index in [2.05, 4.69) is 10.6 Å². The Morgan fingerprint density at radius 2 is 1.77 bits per heavy atom. The topological polar surface area (TPSA) is 84.9 Å². The number of rotatable bonds is 13. The van der Waals surface area contributed by atoms with Crippen LogP contribution in [0.5, 0.6) is 0 Å². The van der Waals surface area contributed by atoms with Crippen LogP contribution in [0.1, 0.15) is 61.2 Å². The van der Waals surface area contributed by atoms with Crippen molar-refractivity contribution in [2.45, 2.75) is 50.2 Å². The molecule has 3 atom stereocenters. The minimum absolute atomic E-state index is 0.00875. The van der Waals surface area contributed by atoms with Crippen molar-refractivity contribution in [2.75, 3.05) is 30.7 Å². The van der Waals surface area contributed by atoms with E-state index in [-0.39, 0.29) is 30.6 Å². The molecular weight excluding hydrogens is 658 g/mol. The van der Waals surface area contributed by atoms with Crippen LogP contribution in [0.3, 0.4) is 0 Å². The van der Waals surface area contributed by atoms with Gasteiger partial charge in [0.2, 0.25) is 0 Å². The molecule has 3 unspecified atom stereocenters. The second-order valence-corrected chi connectivity index (χ2v) is 13.7. The van der Waals surface area contributed by atoms with Gasteiger partial charge in [-0.1, -0.05) is 66.5 Å². The summed E-state index contributed by atoms with van der Waals surface area (Å²) in [6.07, 6.45) is -1.54. The van der Waals surface area contributed by atoms with Gasteiger partial charge in [0.15, 0.2) is 0 Å². The molecule has 1 fully saturated rings. The number of aliphatic hydroxyl groups excluding tert-OH is 1. The fourth-order valence-electron chi connectivity index (χ4n) is 5.87. The third-order valence-electron chi connectivity index (χ3n) is 8.47. The van der Waals surface area contributed by atoms with Gasteiger partial charge in [0.1, 0.15) is 0 Å². The number of nitrogens with one attached hydrogen (secondary N) is 2. The molecule has 7 nitrogen and oxygen atoms in total. The lowest BCUT2D eigenvalue weighted by Crippen LogP contribution is -2.48. The normalized spacial score (nSPS) is 16.0. The summed E-state index contributed by atoms with van der Waals surface area (Å²) < 4.78 is 41.4. The third kappa shape index (κ3) is 8.98. The van der Waals surface area contributed by atoms with Crippen molar-refractivity contribution in [3.8, 4) is 0 Å². The maximum atomic E-state index is 13.9. The van der Waals surface area contributed by atoms with Gasteiger partial charge in [0.25, 0.3) is 11.8 Å². The van der Waals surface area contributed by atoms with Crippen molar-refractivity contribution >= 4 is 40.8 Å². The Bertz CT molecular complexity index is 1670. The highest BCUT2D eigenvalue weighted by Crippen LogP contribution is 2.36. The number of hydrogen-bond donors (Lipinski definition) is 3. The van der Waals surface area contributed by atoms with Gasteiger partial charge in [-0.2, -0.15) is 13.2 Å². The van der Waals surface area contributed by atoms with E-state index < -0.39 is 29.8 Å². The number of carbonyl (C=O) groups is 2. The number of nitrogens with zero attached hydrogens (tertiary/aromatic N) is 2. The van der Waals surface area contributed by atoms with E-state index in [1.807, 2.05) is 70.4 Å². The van der Waals surface area contributed by atoms with E-state index in [1.54, 1.807) is 35.6 Å². The smallest absolute Gasteiger partial charge is 0.390 e. The van der Waals surface area contributed by atoms with E-state index in [0.29, 0.717) is 29.8 Å². The zero-order valence-electron chi connectivity index (χ0n) is 26.7. The Morgan fingerprint density at radius 3 is 2.48 bits per heavy atom. The molecule has 1 aliphatic heterocycles. The first kappa shape index (κ1) is 35.5. The molecule has 0 radical (unpaired) electrons. The van der Waals surface area contributed by atoms with Crippen LogP contribution >= 0.6 is 23.3 Å². The Balaban J connectivity index is 1.35. The molecule has 254 valence electrons. The first-order valence-corrected chi connectivity index (χ1v) is 17.8. The van der Waals surface area contributed by atoms with Crippen LogP contribution in [0, 0.1) is 0 Å². The Morgan fingerprint density at radius 1 is 1.02 bits per heavy atom. The summed E-state index contributed by atoms with van der Waals surface area (Å²) in [5, 5.41) is 19.3. The fourth-order valence-corrected chi connectivity index (χ4v) is 7.06. The predicted molar refractivity (Wildman–Crippen MR) is 186 cm³/mol. The minimum Gasteiger partial charge on any atom is -0.390 e. The minimum atomic E-state index is -4.45. The standard InChI is InChI=1S/C36H39F3N4O3S2/c1-42(47-2)29-20-26(19-27(21-29)35(46)43-15-7-13-31(43)33-14-8-16-48-33)34(45)41-30(18-24-9-4-3-5-10-24)32(44)23-40-22-25-11-6-12-28(17-25)36(37,38)39/h3-6,8-12,14,16-17,19-21,30-32,40,44H,7,13,15,18,22-23H2,1-2H3,(H,41,45). The molecular formula is C36H39F3N4O3S2. The number of benzene rings is 3. The second-order valence-electron chi connectivity index (χ2n) is 11.8. The van der Waals surface area contributed by atoms with Gasteiger partial charge in [0.05, 0.1) is 23.8 Å². The summed E-state index contributed by atoms with van der Waals surface area (Å²) in [7, 11) is 1.86. The molecule has 0 bridgehead atoms. The number of amides is 2. The summed E-state index contributed by atoms with van der Waals surface area (Å²) in [5.41, 5.74) is 1.95. The summed E-state index contributed by atoms with van der Waals surface area (Å²) in [6.45, 7) is 0.751. The summed E-state index contributed by atoms with van der Waals surface area (Å²) in [5.74, 6) is -0.592. The largest absolute Gasteiger partial charge is 0.416 e. The SMILES string of the molecule is CSN(C)c1cc(C(=O)NC(Cc2ccccc2)C(O)CNCc2cccc(C(F)(F)F)c2)cc(C(=O)N2CCCC2c2cccs2)c1. The quantitative estimate of drug-likeness (QED) is 0.131. The molecule has 48 heavy (non-hydrogen) atoms. The molecule has 12 heteroatoms. The molecule has 2 amide bonds. The van der Waals surface area contributed by atoms with Gasteiger partial charge < -0.3 is 24.9 Å². The second kappa shape index (κ2) is 16.0. The predicted octanol–water partition coefficient (Wildman–Crippen LogP) is 6.95. The number of hydrogen-bond acceptors (Lipinski definition) is 7.